The second-order valence-corrected chi connectivity index (χ2v) is 6.20. The van der Waals surface area contributed by atoms with Crippen LogP contribution in [0.5, 0.6) is 0 Å². The van der Waals surface area contributed by atoms with Gasteiger partial charge in [-0.05, 0) is 29.5 Å². The molecule has 0 spiro atoms. The van der Waals surface area contributed by atoms with E-state index in [0.717, 1.165) is 25.1 Å². The summed E-state index contributed by atoms with van der Waals surface area (Å²) in [6.45, 7) is 2.28. The van der Waals surface area contributed by atoms with E-state index in [9.17, 15) is 10.1 Å². The highest BCUT2D eigenvalue weighted by Gasteiger charge is 2.05. The minimum absolute atomic E-state index is 0. The molecule has 0 amide bonds. The van der Waals surface area contributed by atoms with E-state index < -0.39 is 4.92 Å². The number of nitrogens with zero attached hydrogens (tertiary/aromatic N) is 3. The molecule has 2 N–H and O–H groups in total. The van der Waals surface area contributed by atoms with Crippen LogP contribution in [0.2, 0.25) is 0 Å². The Morgan fingerprint density at radius 3 is 2.57 bits per heavy atom. The van der Waals surface area contributed by atoms with Gasteiger partial charge in [0.25, 0.3) is 5.69 Å². The van der Waals surface area contributed by atoms with Crippen molar-refractivity contribution >= 4 is 46.5 Å². The zero-order valence-electron chi connectivity index (χ0n) is 15.7. The van der Waals surface area contributed by atoms with Gasteiger partial charge in [0.1, 0.15) is 0 Å². The number of rotatable bonds is 7. The van der Waals surface area contributed by atoms with E-state index in [0.29, 0.717) is 12.5 Å². The molecular weight excluding hydrogens is 469 g/mol. The number of aliphatic imine (C=N–C) groups is 1. The molecule has 0 aliphatic carbocycles. The third-order valence-corrected chi connectivity index (χ3v) is 4.38. The molecule has 0 fully saturated rings. The Morgan fingerprint density at radius 2 is 1.86 bits per heavy atom. The third kappa shape index (κ3) is 5.69. The van der Waals surface area contributed by atoms with Crippen molar-refractivity contribution in [3.8, 4) is 0 Å². The highest BCUT2D eigenvalue weighted by Crippen LogP contribution is 2.15. The standard InChI is InChI=1S/C20H23N5O2.HI/c1-21-20(23-15-16-7-9-18(10-8-16)25(26)27)22-12-4-13-24-14-11-17-5-2-3-6-19(17)24;/h2-3,5-11,14H,4,12-13,15H2,1H3,(H2,21,22,23);1H. The maximum absolute atomic E-state index is 10.7. The van der Waals surface area contributed by atoms with Gasteiger partial charge in [-0.1, -0.05) is 30.3 Å². The van der Waals surface area contributed by atoms with Crippen molar-refractivity contribution in [1.82, 2.24) is 15.2 Å². The van der Waals surface area contributed by atoms with E-state index in [4.69, 9.17) is 0 Å². The summed E-state index contributed by atoms with van der Waals surface area (Å²) in [7, 11) is 1.73. The van der Waals surface area contributed by atoms with E-state index in [1.54, 1.807) is 19.2 Å². The number of nitro groups is 1. The van der Waals surface area contributed by atoms with Crippen molar-refractivity contribution in [2.24, 2.45) is 4.99 Å². The molecule has 0 saturated heterocycles. The predicted molar refractivity (Wildman–Crippen MR) is 123 cm³/mol. The van der Waals surface area contributed by atoms with Gasteiger partial charge in [-0.2, -0.15) is 0 Å². The lowest BCUT2D eigenvalue weighted by Crippen LogP contribution is -2.37. The zero-order chi connectivity index (χ0) is 19.1. The van der Waals surface area contributed by atoms with Gasteiger partial charge in [-0.15, -0.1) is 24.0 Å². The van der Waals surface area contributed by atoms with Crippen molar-refractivity contribution in [3.63, 3.8) is 0 Å². The SMILES string of the molecule is CN=C(NCCCn1ccc2ccccc21)NCc1ccc([N+](=O)[O-])cc1.I. The molecule has 8 heteroatoms. The van der Waals surface area contributed by atoms with Crippen molar-refractivity contribution < 1.29 is 4.92 Å². The van der Waals surface area contributed by atoms with Crippen LogP contribution in [0.1, 0.15) is 12.0 Å². The van der Waals surface area contributed by atoms with E-state index in [1.165, 1.54) is 23.0 Å². The lowest BCUT2D eigenvalue weighted by atomic mass is 10.2. The number of aromatic nitrogens is 1. The molecule has 0 aliphatic rings. The molecule has 0 radical (unpaired) electrons. The van der Waals surface area contributed by atoms with Crippen LogP contribution in [-0.4, -0.2) is 29.0 Å². The van der Waals surface area contributed by atoms with Gasteiger partial charge in [0.15, 0.2) is 5.96 Å². The average molecular weight is 493 g/mol. The van der Waals surface area contributed by atoms with Gasteiger partial charge in [0, 0.05) is 50.5 Å². The van der Waals surface area contributed by atoms with Crippen LogP contribution in [-0.2, 0) is 13.1 Å². The van der Waals surface area contributed by atoms with Crippen LogP contribution in [0.3, 0.4) is 0 Å². The minimum atomic E-state index is -0.397. The van der Waals surface area contributed by atoms with Crippen LogP contribution in [0.25, 0.3) is 10.9 Å². The molecule has 28 heavy (non-hydrogen) atoms. The third-order valence-electron chi connectivity index (χ3n) is 4.38. The Labute approximate surface area is 181 Å². The number of hydrogen-bond acceptors (Lipinski definition) is 3. The molecule has 2 aromatic carbocycles. The molecule has 0 unspecified atom stereocenters. The quantitative estimate of drug-likeness (QED) is 0.131. The van der Waals surface area contributed by atoms with Gasteiger partial charge in [-0.3, -0.25) is 15.1 Å². The summed E-state index contributed by atoms with van der Waals surface area (Å²) in [5.41, 5.74) is 2.30. The number of benzene rings is 2. The molecule has 0 aliphatic heterocycles. The average Bonchev–Trinajstić information content (AvgIpc) is 3.11. The Kier molecular flexibility index (Phi) is 8.24. The van der Waals surface area contributed by atoms with Crippen LogP contribution in [0, 0.1) is 10.1 Å². The number of aryl methyl sites for hydroxylation is 1. The van der Waals surface area contributed by atoms with Crippen LogP contribution in [0.15, 0.2) is 65.8 Å². The van der Waals surface area contributed by atoms with Crippen molar-refractivity contribution in [3.05, 3.63) is 76.5 Å². The summed E-state index contributed by atoms with van der Waals surface area (Å²) in [4.78, 5) is 14.5. The smallest absolute Gasteiger partial charge is 0.269 e. The number of para-hydroxylation sites is 1. The molecule has 7 nitrogen and oxygen atoms in total. The number of non-ortho nitro benzene ring substituents is 1. The first-order valence-electron chi connectivity index (χ1n) is 8.89. The predicted octanol–water partition coefficient (Wildman–Crippen LogP) is 3.92. The lowest BCUT2D eigenvalue weighted by molar-refractivity contribution is -0.384. The number of halogens is 1. The second-order valence-electron chi connectivity index (χ2n) is 6.20. The van der Waals surface area contributed by atoms with E-state index in [2.05, 4.69) is 56.7 Å². The van der Waals surface area contributed by atoms with E-state index in [1.807, 2.05) is 0 Å². The van der Waals surface area contributed by atoms with Gasteiger partial charge >= 0.3 is 0 Å². The van der Waals surface area contributed by atoms with Crippen LogP contribution in [0.4, 0.5) is 5.69 Å². The highest BCUT2D eigenvalue weighted by molar-refractivity contribution is 14.0. The van der Waals surface area contributed by atoms with Gasteiger partial charge in [0.2, 0.25) is 0 Å². The first-order valence-corrected chi connectivity index (χ1v) is 8.89. The van der Waals surface area contributed by atoms with Gasteiger partial charge in [-0.25, -0.2) is 0 Å². The number of hydrogen-bond donors (Lipinski definition) is 2. The topological polar surface area (TPSA) is 84.5 Å². The maximum Gasteiger partial charge on any atom is 0.269 e. The molecule has 0 saturated carbocycles. The summed E-state index contributed by atoms with van der Waals surface area (Å²) in [6, 6.07) is 17.0. The first kappa shape index (κ1) is 21.7. The van der Waals surface area contributed by atoms with Gasteiger partial charge in [0.05, 0.1) is 4.92 Å². The molecule has 148 valence electrons. The van der Waals surface area contributed by atoms with Gasteiger partial charge < -0.3 is 15.2 Å². The highest BCUT2D eigenvalue weighted by atomic mass is 127. The number of nitro benzene ring substituents is 1. The zero-order valence-corrected chi connectivity index (χ0v) is 18.0. The van der Waals surface area contributed by atoms with E-state index in [-0.39, 0.29) is 29.7 Å². The lowest BCUT2D eigenvalue weighted by Gasteiger charge is -2.12. The fraction of sp³-hybridized carbons (Fsp3) is 0.250. The maximum atomic E-state index is 10.7. The molecule has 0 bridgehead atoms. The molecule has 3 rings (SSSR count). The molecule has 1 heterocycles. The number of guanidine groups is 1. The number of nitrogens with one attached hydrogen (secondary N) is 2. The fourth-order valence-corrected chi connectivity index (χ4v) is 2.93. The molecular formula is C20H24IN5O2. The van der Waals surface area contributed by atoms with Crippen LogP contribution >= 0.6 is 24.0 Å². The Bertz CT molecular complexity index is 937. The second kappa shape index (κ2) is 10.6. The summed E-state index contributed by atoms with van der Waals surface area (Å²) in [6.07, 6.45) is 3.09. The molecule has 3 aromatic rings. The normalized spacial score (nSPS) is 11.1. The number of fused-ring (bicyclic) bond motifs is 1. The summed E-state index contributed by atoms with van der Waals surface area (Å²) < 4.78 is 2.25. The Hall–Kier alpha value is -2.62. The monoisotopic (exact) mass is 493 g/mol. The molecule has 1 aromatic heterocycles. The van der Waals surface area contributed by atoms with Crippen LogP contribution < -0.4 is 10.6 Å². The summed E-state index contributed by atoms with van der Waals surface area (Å²) in [5.74, 6) is 0.714. The Balaban J connectivity index is 0.00000280. The summed E-state index contributed by atoms with van der Waals surface area (Å²) in [5, 5.41) is 18.5. The largest absolute Gasteiger partial charge is 0.356 e. The fourth-order valence-electron chi connectivity index (χ4n) is 2.93. The van der Waals surface area contributed by atoms with Crippen molar-refractivity contribution in [2.45, 2.75) is 19.5 Å². The van der Waals surface area contributed by atoms with E-state index >= 15 is 0 Å². The summed E-state index contributed by atoms with van der Waals surface area (Å²) >= 11 is 0. The molecule has 0 atom stereocenters. The van der Waals surface area contributed by atoms with Crippen molar-refractivity contribution in [2.75, 3.05) is 13.6 Å². The minimum Gasteiger partial charge on any atom is -0.356 e. The Morgan fingerprint density at radius 1 is 1.11 bits per heavy atom. The van der Waals surface area contributed by atoms with Crippen molar-refractivity contribution in [1.29, 1.82) is 0 Å². The first-order chi connectivity index (χ1) is 13.2.